The lowest BCUT2D eigenvalue weighted by atomic mass is 10.1. The molecule has 0 bridgehead atoms. The maximum absolute atomic E-state index is 12.1. The smallest absolute Gasteiger partial charge is 0.185 e. The number of hydrogen-bond acceptors (Lipinski definition) is 2. The third-order valence-electron chi connectivity index (χ3n) is 2.76. The van der Waals surface area contributed by atoms with Crippen molar-refractivity contribution in [2.24, 2.45) is 0 Å². The van der Waals surface area contributed by atoms with Gasteiger partial charge in [0.2, 0.25) is 0 Å². The molecule has 2 aromatic rings. The van der Waals surface area contributed by atoms with Crippen molar-refractivity contribution in [2.75, 3.05) is 7.11 Å². The number of ether oxygens (including phenoxy) is 1. The minimum absolute atomic E-state index is 0.144. The summed E-state index contributed by atoms with van der Waals surface area (Å²) in [6.45, 7) is 0. The summed E-state index contributed by atoms with van der Waals surface area (Å²) < 4.78 is 5.22. The van der Waals surface area contributed by atoms with E-state index in [1.54, 1.807) is 31.4 Å². The molecular formula is C16H12Cl2O2. The number of benzene rings is 2. The van der Waals surface area contributed by atoms with Crippen molar-refractivity contribution in [1.82, 2.24) is 0 Å². The summed E-state index contributed by atoms with van der Waals surface area (Å²) in [5, 5.41) is 0.792. The van der Waals surface area contributed by atoms with Gasteiger partial charge in [-0.1, -0.05) is 41.4 Å². The van der Waals surface area contributed by atoms with E-state index in [0.29, 0.717) is 21.4 Å². The lowest BCUT2D eigenvalue weighted by Gasteiger charge is -2.03. The highest BCUT2D eigenvalue weighted by atomic mass is 35.5. The molecule has 0 heterocycles. The molecule has 0 aliphatic rings. The van der Waals surface area contributed by atoms with Gasteiger partial charge in [-0.2, -0.15) is 0 Å². The first-order valence-electron chi connectivity index (χ1n) is 5.92. The lowest BCUT2D eigenvalue weighted by molar-refractivity contribution is 0.104. The molecule has 0 aliphatic heterocycles. The Kier molecular flexibility index (Phi) is 4.83. The van der Waals surface area contributed by atoms with Crippen LogP contribution in [0.5, 0.6) is 5.75 Å². The van der Waals surface area contributed by atoms with E-state index >= 15 is 0 Å². The lowest BCUT2D eigenvalue weighted by Crippen LogP contribution is -1.94. The fraction of sp³-hybridized carbons (Fsp3) is 0.0625. The molecule has 20 heavy (non-hydrogen) atoms. The van der Waals surface area contributed by atoms with Gasteiger partial charge < -0.3 is 4.74 Å². The number of carbonyl (C=O) groups is 1. The van der Waals surface area contributed by atoms with Gasteiger partial charge in [-0.3, -0.25) is 4.79 Å². The minimum Gasteiger partial charge on any atom is -0.496 e. The molecule has 0 amide bonds. The maximum atomic E-state index is 12.1. The molecule has 4 heteroatoms. The Labute approximate surface area is 127 Å². The molecule has 0 atom stereocenters. The SMILES string of the molecule is COc1ccccc1/C=C/C(=O)c1ccc(Cl)c(Cl)c1. The quantitative estimate of drug-likeness (QED) is 0.593. The highest BCUT2D eigenvalue weighted by molar-refractivity contribution is 6.42. The van der Waals surface area contributed by atoms with Crippen LogP contribution in [0.15, 0.2) is 48.5 Å². The molecule has 0 aliphatic carbocycles. The van der Waals surface area contributed by atoms with Crippen LogP contribution in [0.25, 0.3) is 6.08 Å². The van der Waals surface area contributed by atoms with E-state index in [1.807, 2.05) is 24.3 Å². The van der Waals surface area contributed by atoms with Crippen LogP contribution in [0.2, 0.25) is 10.0 Å². The van der Waals surface area contributed by atoms with E-state index < -0.39 is 0 Å². The largest absolute Gasteiger partial charge is 0.496 e. The number of methoxy groups -OCH3 is 1. The van der Waals surface area contributed by atoms with Crippen LogP contribution in [0, 0.1) is 0 Å². The fourth-order valence-corrected chi connectivity index (χ4v) is 2.01. The Morgan fingerprint density at radius 1 is 1.10 bits per heavy atom. The summed E-state index contributed by atoms with van der Waals surface area (Å²) in [6.07, 6.45) is 3.20. The number of ketones is 1. The van der Waals surface area contributed by atoms with Gasteiger partial charge in [0.1, 0.15) is 5.75 Å². The second kappa shape index (κ2) is 6.60. The Morgan fingerprint density at radius 2 is 1.85 bits per heavy atom. The van der Waals surface area contributed by atoms with Gasteiger partial charge in [-0.25, -0.2) is 0 Å². The summed E-state index contributed by atoms with van der Waals surface area (Å²) in [4.78, 5) is 12.1. The summed E-state index contributed by atoms with van der Waals surface area (Å²) in [6, 6.07) is 12.3. The Morgan fingerprint density at radius 3 is 2.55 bits per heavy atom. The molecule has 2 nitrogen and oxygen atoms in total. The molecule has 0 unspecified atom stereocenters. The normalized spacial score (nSPS) is 10.8. The topological polar surface area (TPSA) is 26.3 Å². The standard InChI is InChI=1S/C16H12Cl2O2/c1-20-16-5-3-2-4-11(16)7-9-15(19)12-6-8-13(17)14(18)10-12/h2-10H,1H3/b9-7+. The zero-order chi connectivity index (χ0) is 14.5. The van der Waals surface area contributed by atoms with Gasteiger partial charge in [0, 0.05) is 11.1 Å². The Bertz CT molecular complexity index is 663. The van der Waals surface area contributed by atoms with Gasteiger partial charge in [0.15, 0.2) is 5.78 Å². The molecule has 0 saturated heterocycles. The van der Waals surface area contributed by atoms with Crippen LogP contribution in [0.3, 0.4) is 0 Å². The van der Waals surface area contributed by atoms with Crippen LogP contribution in [0.4, 0.5) is 0 Å². The van der Waals surface area contributed by atoms with Crippen molar-refractivity contribution in [3.8, 4) is 5.75 Å². The minimum atomic E-state index is -0.144. The van der Waals surface area contributed by atoms with Gasteiger partial charge in [0.25, 0.3) is 0 Å². The van der Waals surface area contributed by atoms with E-state index in [2.05, 4.69) is 0 Å². The van der Waals surface area contributed by atoms with Crippen molar-refractivity contribution in [1.29, 1.82) is 0 Å². The molecular weight excluding hydrogens is 295 g/mol. The molecule has 0 radical (unpaired) electrons. The van der Waals surface area contributed by atoms with E-state index in [9.17, 15) is 4.79 Å². The zero-order valence-electron chi connectivity index (χ0n) is 10.8. The average molecular weight is 307 g/mol. The highest BCUT2D eigenvalue weighted by Crippen LogP contribution is 2.23. The number of para-hydroxylation sites is 1. The number of rotatable bonds is 4. The van der Waals surface area contributed by atoms with Crippen LogP contribution in [0.1, 0.15) is 15.9 Å². The van der Waals surface area contributed by atoms with Crippen molar-refractivity contribution < 1.29 is 9.53 Å². The zero-order valence-corrected chi connectivity index (χ0v) is 12.3. The van der Waals surface area contributed by atoms with Crippen molar-refractivity contribution in [2.45, 2.75) is 0 Å². The molecule has 0 N–H and O–H groups in total. The van der Waals surface area contributed by atoms with Gasteiger partial charge >= 0.3 is 0 Å². The number of allylic oxidation sites excluding steroid dienone is 1. The molecule has 0 aromatic heterocycles. The van der Waals surface area contributed by atoms with Crippen molar-refractivity contribution >= 4 is 35.1 Å². The van der Waals surface area contributed by atoms with Crippen LogP contribution in [-0.2, 0) is 0 Å². The van der Waals surface area contributed by atoms with Crippen molar-refractivity contribution in [3.63, 3.8) is 0 Å². The first kappa shape index (κ1) is 14.6. The van der Waals surface area contributed by atoms with Gasteiger partial charge in [-0.05, 0) is 36.4 Å². The predicted molar refractivity (Wildman–Crippen MR) is 82.8 cm³/mol. The second-order valence-electron chi connectivity index (χ2n) is 4.07. The van der Waals surface area contributed by atoms with Crippen molar-refractivity contribution in [3.05, 3.63) is 69.7 Å². The summed E-state index contributed by atoms with van der Waals surface area (Å²) in [5.74, 6) is 0.570. The maximum Gasteiger partial charge on any atom is 0.185 e. The third kappa shape index (κ3) is 3.41. The predicted octanol–water partition coefficient (Wildman–Crippen LogP) is 4.90. The van der Waals surface area contributed by atoms with E-state index in [-0.39, 0.29) is 5.78 Å². The summed E-state index contributed by atoms with van der Waals surface area (Å²) in [7, 11) is 1.59. The van der Waals surface area contributed by atoms with Crippen LogP contribution >= 0.6 is 23.2 Å². The van der Waals surface area contributed by atoms with E-state index in [1.165, 1.54) is 6.08 Å². The molecule has 102 valence electrons. The monoisotopic (exact) mass is 306 g/mol. The number of carbonyl (C=O) groups excluding carboxylic acids is 1. The van der Waals surface area contributed by atoms with E-state index in [4.69, 9.17) is 27.9 Å². The van der Waals surface area contributed by atoms with E-state index in [0.717, 1.165) is 5.56 Å². The Hall–Kier alpha value is -1.77. The number of hydrogen-bond donors (Lipinski definition) is 0. The highest BCUT2D eigenvalue weighted by Gasteiger charge is 2.05. The van der Waals surface area contributed by atoms with Gasteiger partial charge in [0.05, 0.1) is 17.2 Å². The molecule has 0 saturated carbocycles. The first-order chi connectivity index (χ1) is 9.61. The molecule has 0 spiro atoms. The first-order valence-corrected chi connectivity index (χ1v) is 6.68. The molecule has 2 aromatic carbocycles. The average Bonchev–Trinajstić information content (AvgIpc) is 2.47. The molecule has 2 rings (SSSR count). The molecule has 0 fully saturated rings. The third-order valence-corrected chi connectivity index (χ3v) is 3.50. The van der Waals surface area contributed by atoms with Crippen LogP contribution in [-0.4, -0.2) is 12.9 Å². The fourth-order valence-electron chi connectivity index (χ4n) is 1.72. The summed E-state index contributed by atoms with van der Waals surface area (Å²) in [5.41, 5.74) is 1.33. The number of halogens is 2. The summed E-state index contributed by atoms with van der Waals surface area (Å²) >= 11 is 11.7. The second-order valence-corrected chi connectivity index (χ2v) is 4.88. The van der Waals surface area contributed by atoms with Gasteiger partial charge in [-0.15, -0.1) is 0 Å². The Balaban J connectivity index is 2.22. The van der Waals surface area contributed by atoms with Crippen LogP contribution < -0.4 is 4.74 Å².